The van der Waals surface area contributed by atoms with Crippen molar-refractivity contribution >= 4 is 23.4 Å². The van der Waals surface area contributed by atoms with Crippen molar-refractivity contribution in [2.75, 3.05) is 13.7 Å². The number of Topliss-reactive ketones (excluding diaryl/α,β-unsaturated/α-hetero) is 1. The van der Waals surface area contributed by atoms with E-state index in [4.69, 9.17) is 9.84 Å². The van der Waals surface area contributed by atoms with E-state index in [0.717, 1.165) is 0 Å². The van der Waals surface area contributed by atoms with Crippen molar-refractivity contribution in [2.24, 2.45) is 16.3 Å². The molecule has 0 amide bonds. The highest BCUT2D eigenvalue weighted by atomic mass is 16.5. The number of aliphatic carboxylic acids is 1. The first-order valence-electron chi connectivity index (χ1n) is 7.45. The van der Waals surface area contributed by atoms with E-state index >= 15 is 0 Å². The third-order valence-electron chi connectivity index (χ3n) is 3.82. The van der Waals surface area contributed by atoms with Crippen molar-refractivity contribution in [1.29, 1.82) is 0 Å². The van der Waals surface area contributed by atoms with Gasteiger partial charge >= 0.3 is 11.9 Å². The molecule has 1 aliphatic carbocycles. The number of aliphatic hydroxyl groups excluding tert-OH is 1. The lowest BCUT2D eigenvalue weighted by atomic mass is 9.67. The predicted molar refractivity (Wildman–Crippen MR) is 83.4 cm³/mol. The van der Waals surface area contributed by atoms with Crippen LogP contribution in [0.4, 0.5) is 0 Å². The SMILES string of the molecule is CCCC(=NCC(=O)O)C1=C(O)[C@@H](C(=O)OC)C(C)(C)CC1=O. The number of aliphatic imine (C=N–C) groups is 1. The Balaban J connectivity index is 3.43. The summed E-state index contributed by atoms with van der Waals surface area (Å²) in [5.41, 5.74) is -0.605. The Hall–Kier alpha value is -2.18. The molecule has 1 aliphatic rings. The van der Waals surface area contributed by atoms with Crippen LogP contribution in [0.2, 0.25) is 0 Å². The first kappa shape index (κ1) is 18.9. The highest BCUT2D eigenvalue weighted by Gasteiger charge is 2.47. The number of aliphatic hydroxyl groups is 1. The molecule has 0 aromatic carbocycles. The van der Waals surface area contributed by atoms with Crippen molar-refractivity contribution in [3.8, 4) is 0 Å². The van der Waals surface area contributed by atoms with Gasteiger partial charge in [-0.1, -0.05) is 27.2 Å². The van der Waals surface area contributed by atoms with Crippen LogP contribution in [0.15, 0.2) is 16.3 Å². The summed E-state index contributed by atoms with van der Waals surface area (Å²) in [4.78, 5) is 39.1. The number of carboxylic acid groups (broad SMARTS) is 1. The first-order valence-corrected chi connectivity index (χ1v) is 7.45. The zero-order valence-corrected chi connectivity index (χ0v) is 13.9. The van der Waals surface area contributed by atoms with E-state index in [1.54, 1.807) is 13.8 Å². The quantitative estimate of drug-likeness (QED) is 0.569. The van der Waals surface area contributed by atoms with E-state index in [2.05, 4.69) is 4.99 Å². The molecule has 0 fully saturated rings. The molecule has 0 spiro atoms. The van der Waals surface area contributed by atoms with Gasteiger partial charge in [-0.25, -0.2) is 0 Å². The molecule has 0 saturated heterocycles. The molecular formula is C16H23NO6. The van der Waals surface area contributed by atoms with Gasteiger partial charge in [-0.3, -0.25) is 19.4 Å². The Morgan fingerprint density at radius 2 is 2.00 bits per heavy atom. The summed E-state index contributed by atoms with van der Waals surface area (Å²) < 4.78 is 4.74. The number of carbonyl (C=O) groups excluding carboxylic acids is 2. The maximum absolute atomic E-state index is 12.4. The van der Waals surface area contributed by atoms with E-state index in [1.165, 1.54) is 7.11 Å². The van der Waals surface area contributed by atoms with Crippen molar-refractivity contribution in [2.45, 2.75) is 40.0 Å². The maximum Gasteiger partial charge on any atom is 0.325 e. The number of carboxylic acids is 1. The normalized spacial score (nSPS) is 21.3. The molecule has 2 N–H and O–H groups in total. The molecular weight excluding hydrogens is 302 g/mol. The van der Waals surface area contributed by atoms with E-state index in [9.17, 15) is 19.5 Å². The Kier molecular flexibility index (Phi) is 6.06. The van der Waals surface area contributed by atoms with Crippen LogP contribution in [-0.4, -0.2) is 47.3 Å². The lowest BCUT2D eigenvalue weighted by molar-refractivity contribution is -0.150. The van der Waals surface area contributed by atoms with Crippen LogP contribution in [0.5, 0.6) is 0 Å². The van der Waals surface area contributed by atoms with Crippen LogP contribution in [0.3, 0.4) is 0 Å². The predicted octanol–water partition coefficient (Wildman–Crippen LogP) is 1.91. The molecule has 0 aliphatic heterocycles. The molecule has 1 atom stereocenters. The number of methoxy groups -OCH3 is 1. The van der Waals surface area contributed by atoms with Gasteiger partial charge in [-0.2, -0.15) is 0 Å². The highest BCUT2D eigenvalue weighted by Crippen LogP contribution is 2.42. The maximum atomic E-state index is 12.4. The second kappa shape index (κ2) is 7.39. The van der Waals surface area contributed by atoms with Crippen molar-refractivity contribution in [3.63, 3.8) is 0 Å². The molecule has 0 aromatic heterocycles. The molecule has 1 rings (SSSR count). The standard InChI is InChI=1S/C16H23NO6/c1-5-6-9(17-8-11(19)20)12-10(18)7-16(2,3)13(14(12)21)15(22)23-4/h13,21H,5-8H2,1-4H3,(H,19,20)/t13-/m0/s1. The molecule has 0 radical (unpaired) electrons. The van der Waals surface area contributed by atoms with Crippen LogP contribution >= 0.6 is 0 Å². The third kappa shape index (κ3) is 4.18. The Morgan fingerprint density at radius 1 is 1.39 bits per heavy atom. The molecule has 7 nitrogen and oxygen atoms in total. The Bertz CT molecular complexity index is 573. The average molecular weight is 325 g/mol. The van der Waals surface area contributed by atoms with Crippen molar-refractivity contribution in [3.05, 3.63) is 11.3 Å². The minimum Gasteiger partial charge on any atom is -0.511 e. The second-order valence-corrected chi connectivity index (χ2v) is 6.21. The summed E-state index contributed by atoms with van der Waals surface area (Å²) in [6.45, 7) is 4.76. The highest BCUT2D eigenvalue weighted by molar-refractivity contribution is 6.24. The van der Waals surface area contributed by atoms with Crippen LogP contribution in [0.1, 0.15) is 40.0 Å². The van der Waals surface area contributed by atoms with Crippen LogP contribution in [0, 0.1) is 11.3 Å². The number of rotatable bonds is 6. The number of hydrogen-bond donors (Lipinski definition) is 2. The third-order valence-corrected chi connectivity index (χ3v) is 3.82. The molecule has 23 heavy (non-hydrogen) atoms. The summed E-state index contributed by atoms with van der Waals surface area (Å²) in [6.07, 6.45) is 1.00. The lowest BCUT2D eigenvalue weighted by Gasteiger charge is -2.36. The van der Waals surface area contributed by atoms with Crippen LogP contribution in [-0.2, 0) is 19.1 Å². The van der Waals surface area contributed by atoms with Gasteiger partial charge in [0.15, 0.2) is 5.78 Å². The fourth-order valence-corrected chi connectivity index (χ4v) is 2.80. The number of allylic oxidation sites excluding steroid dienone is 1. The molecule has 0 unspecified atom stereocenters. The van der Waals surface area contributed by atoms with Gasteiger partial charge in [0.1, 0.15) is 18.2 Å². The fraction of sp³-hybridized carbons (Fsp3) is 0.625. The minimum absolute atomic E-state index is 0.0391. The van der Waals surface area contributed by atoms with Crippen molar-refractivity contribution < 1.29 is 29.3 Å². The summed E-state index contributed by atoms with van der Waals surface area (Å²) in [6, 6.07) is 0. The summed E-state index contributed by atoms with van der Waals surface area (Å²) in [5, 5.41) is 19.3. The van der Waals surface area contributed by atoms with Gasteiger partial charge in [-0.05, 0) is 11.8 Å². The van der Waals surface area contributed by atoms with Gasteiger partial charge in [0.2, 0.25) is 0 Å². The summed E-state index contributed by atoms with van der Waals surface area (Å²) in [5.74, 6) is -3.47. The van der Waals surface area contributed by atoms with Crippen molar-refractivity contribution in [1.82, 2.24) is 0 Å². The second-order valence-electron chi connectivity index (χ2n) is 6.21. The van der Waals surface area contributed by atoms with E-state index in [-0.39, 0.29) is 29.2 Å². The zero-order valence-electron chi connectivity index (χ0n) is 13.9. The molecule has 0 heterocycles. The number of nitrogens with zero attached hydrogens (tertiary/aromatic N) is 1. The van der Waals surface area contributed by atoms with Gasteiger partial charge in [0, 0.05) is 12.1 Å². The number of ketones is 1. The molecule has 0 saturated carbocycles. The average Bonchev–Trinajstić information content (AvgIpc) is 2.42. The Labute approximate surface area is 135 Å². The smallest absolute Gasteiger partial charge is 0.325 e. The van der Waals surface area contributed by atoms with Crippen LogP contribution < -0.4 is 0 Å². The van der Waals surface area contributed by atoms with Gasteiger partial charge in [0.25, 0.3) is 0 Å². The fourth-order valence-electron chi connectivity index (χ4n) is 2.80. The number of carbonyl (C=O) groups is 3. The first-order chi connectivity index (χ1) is 10.7. The zero-order chi connectivity index (χ0) is 17.8. The van der Waals surface area contributed by atoms with Gasteiger partial charge in [0.05, 0.1) is 12.7 Å². The summed E-state index contributed by atoms with van der Waals surface area (Å²) in [7, 11) is 1.22. The largest absolute Gasteiger partial charge is 0.511 e. The monoisotopic (exact) mass is 325 g/mol. The molecule has 128 valence electrons. The minimum atomic E-state index is -1.13. The van der Waals surface area contributed by atoms with Gasteiger partial charge in [-0.15, -0.1) is 0 Å². The number of esters is 1. The van der Waals surface area contributed by atoms with E-state index in [1.807, 2.05) is 6.92 Å². The van der Waals surface area contributed by atoms with E-state index < -0.39 is 29.8 Å². The Morgan fingerprint density at radius 3 is 2.48 bits per heavy atom. The van der Waals surface area contributed by atoms with Crippen LogP contribution in [0.25, 0.3) is 0 Å². The summed E-state index contributed by atoms with van der Waals surface area (Å²) >= 11 is 0. The topological polar surface area (TPSA) is 113 Å². The number of hydrogen-bond acceptors (Lipinski definition) is 6. The molecule has 0 bridgehead atoms. The van der Waals surface area contributed by atoms with E-state index in [0.29, 0.717) is 12.8 Å². The lowest BCUT2D eigenvalue weighted by Crippen LogP contribution is -2.41. The molecule has 7 heteroatoms. The van der Waals surface area contributed by atoms with Gasteiger partial charge < -0.3 is 14.9 Å². The molecule has 0 aromatic rings. The number of ether oxygens (including phenoxy) is 1.